The van der Waals surface area contributed by atoms with Crippen molar-refractivity contribution in [2.24, 2.45) is 5.92 Å². The molecule has 0 bridgehead atoms. The summed E-state index contributed by atoms with van der Waals surface area (Å²) in [5, 5.41) is 12.3. The van der Waals surface area contributed by atoms with Crippen LogP contribution in [-0.2, 0) is 23.1 Å². The summed E-state index contributed by atoms with van der Waals surface area (Å²) >= 11 is 0. The molecule has 5 rings (SSSR count). The molecule has 7 nitrogen and oxygen atoms in total. The van der Waals surface area contributed by atoms with Crippen molar-refractivity contribution in [3.05, 3.63) is 82.1 Å². The number of nitro groups is 1. The van der Waals surface area contributed by atoms with Crippen molar-refractivity contribution in [2.45, 2.75) is 24.7 Å². The normalized spacial score (nSPS) is 22.2. The minimum atomic E-state index is -0.366. The Morgan fingerprint density at radius 2 is 2.19 bits per heavy atom. The first-order valence-corrected chi connectivity index (χ1v) is 10.8. The molecular formula is C25H25N3O4. The highest BCUT2D eigenvalue weighted by molar-refractivity contribution is 5.88. The van der Waals surface area contributed by atoms with Crippen molar-refractivity contribution >= 4 is 22.5 Å². The molecule has 1 amide bonds. The summed E-state index contributed by atoms with van der Waals surface area (Å²) in [4.78, 5) is 28.7. The van der Waals surface area contributed by atoms with Crippen molar-refractivity contribution in [3.63, 3.8) is 0 Å². The number of non-ortho nitro benzene ring substituents is 1. The molecule has 1 aliphatic carbocycles. The van der Waals surface area contributed by atoms with Gasteiger partial charge in [-0.15, -0.1) is 0 Å². The van der Waals surface area contributed by atoms with E-state index < -0.39 is 0 Å². The Hall–Kier alpha value is -3.61. The number of aromatic amines is 1. The number of rotatable bonds is 4. The Kier molecular flexibility index (Phi) is 4.77. The number of carbonyl (C=O) groups is 1. The summed E-state index contributed by atoms with van der Waals surface area (Å²) in [6.07, 6.45) is 3.81. The highest BCUT2D eigenvalue weighted by Gasteiger charge is 2.48. The second-order valence-electron chi connectivity index (χ2n) is 8.77. The van der Waals surface area contributed by atoms with E-state index in [0.29, 0.717) is 13.1 Å². The van der Waals surface area contributed by atoms with Gasteiger partial charge in [-0.05, 0) is 60.6 Å². The van der Waals surface area contributed by atoms with E-state index in [0.717, 1.165) is 41.6 Å². The number of benzene rings is 2. The highest BCUT2D eigenvalue weighted by atomic mass is 16.6. The Bertz CT molecular complexity index is 1250. The molecule has 2 aromatic carbocycles. The molecule has 1 fully saturated rings. The van der Waals surface area contributed by atoms with Gasteiger partial charge in [0.1, 0.15) is 5.75 Å². The van der Waals surface area contributed by atoms with Crippen LogP contribution in [0.15, 0.2) is 55.1 Å². The standard InChI is InChI=1S/C25H25N3O4/c1-3-24(29)27-10-9-25(16-5-4-6-19(11-16)32-2)14-23-21(12-17(25)15-27)20-8-7-18(28(30)31)13-22(20)26-23/h3-8,11,13,17,26H,1,9-10,12,14-15H2,2H3/t17?,25-/m1/s1. The lowest BCUT2D eigenvalue weighted by Gasteiger charge is -2.51. The van der Waals surface area contributed by atoms with E-state index in [4.69, 9.17) is 4.74 Å². The number of carbonyl (C=O) groups excluding carboxylic acids is 1. The number of aromatic nitrogens is 1. The van der Waals surface area contributed by atoms with Crippen LogP contribution < -0.4 is 4.74 Å². The number of H-pyrrole nitrogens is 1. The molecule has 1 saturated heterocycles. The first-order valence-electron chi connectivity index (χ1n) is 10.8. The molecule has 1 unspecified atom stereocenters. The number of likely N-dealkylation sites (tertiary alicyclic amines) is 1. The number of hydrogen-bond donors (Lipinski definition) is 1. The smallest absolute Gasteiger partial charge is 0.271 e. The van der Waals surface area contributed by atoms with Gasteiger partial charge in [0.2, 0.25) is 5.91 Å². The summed E-state index contributed by atoms with van der Waals surface area (Å²) in [5.74, 6) is 0.997. The Balaban J connectivity index is 1.63. The van der Waals surface area contributed by atoms with Gasteiger partial charge in [0.25, 0.3) is 5.69 Å². The number of hydrogen-bond acceptors (Lipinski definition) is 4. The third-order valence-electron chi connectivity index (χ3n) is 7.31. The van der Waals surface area contributed by atoms with Crippen molar-refractivity contribution in [1.82, 2.24) is 9.88 Å². The molecule has 0 radical (unpaired) electrons. The average molecular weight is 431 g/mol. The molecule has 2 heterocycles. The third-order valence-corrected chi connectivity index (χ3v) is 7.31. The van der Waals surface area contributed by atoms with Crippen LogP contribution >= 0.6 is 0 Å². The number of fused-ring (bicyclic) bond motifs is 4. The fourth-order valence-electron chi connectivity index (χ4n) is 5.67. The third kappa shape index (κ3) is 3.07. The highest BCUT2D eigenvalue weighted by Crippen LogP contribution is 2.49. The summed E-state index contributed by atoms with van der Waals surface area (Å²) in [6, 6.07) is 13.2. The zero-order valence-corrected chi connectivity index (χ0v) is 18.0. The average Bonchev–Trinajstić information content (AvgIpc) is 3.17. The van der Waals surface area contributed by atoms with E-state index in [1.165, 1.54) is 17.2 Å². The molecule has 0 saturated carbocycles. The molecule has 2 aliphatic rings. The SMILES string of the molecule is C=CC(=O)N1CC[C@]2(c3cccc(OC)c3)Cc3[nH]c4cc([N+](=O)[O-])ccc4c3CC2C1. The van der Waals surface area contributed by atoms with Crippen molar-refractivity contribution in [1.29, 1.82) is 0 Å². The van der Waals surface area contributed by atoms with Gasteiger partial charge in [0.15, 0.2) is 0 Å². The lowest BCUT2D eigenvalue weighted by atomic mass is 9.58. The molecular weight excluding hydrogens is 406 g/mol. The summed E-state index contributed by atoms with van der Waals surface area (Å²) in [7, 11) is 1.67. The predicted molar refractivity (Wildman–Crippen MR) is 122 cm³/mol. The maximum Gasteiger partial charge on any atom is 0.271 e. The van der Waals surface area contributed by atoms with Crippen LogP contribution in [0.25, 0.3) is 10.9 Å². The predicted octanol–water partition coefficient (Wildman–Crippen LogP) is 4.16. The fourth-order valence-corrected chi connectivity index (χ4v) is 5.67. The number of methoxy groups -OCH3 is 1. The maximum absolute atomic E-state index is 12.4. The van der Waals surface area contributed by atoms with Crippen LogP contribution in [0.3, 0.4) is 0 Å². The second kappa shape index (κ2) is 7.51. The van der Waals surface area contributed by atoms with Gasteiger partial charge in [-0.3, -0.25) is 14.9 Å². The van der Waals surface area contributed by atoms with Gasteiger partial charge in [-0.1, -0.05) is 18.7 Å². The van der Waals surface area contributed by atoms with E-state index in [-0.39, 0.29) is 27.9 Å². The molecule has 164 valence electrons. The number of ether oxygens (including phenoxy) is 1. The zero-order chi connectivity index (χ0) is 22.5. The molecule has 1 aliphatic heterocycles. The quantitative estimate of drug-likeness (QED) is 0.382. The maximum atomic E-state index is 12.4. The number of piperidine rings is 1. The van der Waals surface area contributed by atoms with E-state index in [1.807, 2.05) is 23.1 Å². The molecule has 1 aromatic heterocycles. The summed E-state index contributed by atoms with van der Waals surface area (Å²) in [5.41, 5.74) is 4.27. The number of amides is 1. The second-order valence-corrected chi connectivity index (χ2v) is 8.77. The summed E-state index contributed by atoms with van der Waals surface area (Å²) in [6.45, 7) is 4.98. The minimum Gasteiger partial charge on any atom is -0.497 e. The van der Waals surface area contributed by atoms with Crippen molar-refractivity contribution in [3.8, 4) is 5.75 Å². The number of nitrogens with one attached hydrogen (secondary N) is 1. The van der Waals surface area contributed by atoms with Crippen LogP contribution in [0.2, 0.25) is 0 Å². The van der Waals surface area contributed by atoms with Crippen LogP contribution in [0.4, 0.5) is 5.69 Å². The van der Waals surface area contributed by atoms with Gasteiger partial charge >= 0.3 is 0 Å². The Morgan fingerprint density at radius 1 is 1.34 bits per heavy atom. The fraction of sp³-hybridized carbons (Fsp3) is 0.320. The van der Waals surface area contributed by atoms with E-state index >= 15 is 0 Å². The molecule has 2 atom stereocenters. The lowest BCUT2D eigenvalue weighted by molar-refractivity contribution is -0.384. The monoisotopic (exact) mass is 431 g/mol. The Labute approximate surface area is 185 Å². The van der Waals surface area contributed by atoms with Crippen LogP contribution in [0.5, 0.6) is 5.75 Å². The lowest BCUT2D eigenvalue weighted by Crippen LogP contribution is -2.54. The Morgan fingerprint density at radius 3 is 2.94 bits per heavy atom. The van der Waals surface area contributed by atoms with Crippen LogP contribution in [0.1, 0.15) is 23.2 Å². The minimum absolute atomic E-state index is 0.0374. The molecule has 32 heavy (non-hydrogen) atoms. The zero-order valence-electron chi connectivity index (χ0n) is 18.0. The van der Waals surface area contributed by atoms with Gasteiger partial charge < -0.3 is 14.6 Å². The van der Waals surface area contributed by atoms with E-state index in [1.54, 1.807) is 19.2 Å². The first kappa shape index (κ1) is 20.3. The first-order chi connectivity index (χ1) is 15.4. The van der Waals surface area contributed by atoms with E-state index in [2.05, 4.69) is 23.7 Å². The molecule has 0 spiro atoms. The largest absolute Gasteiger partial charge is 0.497 e. The summed E-state index contributed by atoms with van der Waals surface area (Å²) < 4.78 is 5.50. The van der Waals surface area contributed by atoms with Crippen molar-refractivity contribution in [2.75, 3.05) is 20.2 Å². The van der Waals surface area contributed by atoms with Gasteiger partial charge in [-0.25, -0.2) is 0 Å². The molecule has 7 heteroatoms. The molecule has 1 N–H and O–H groups in total. The van der Waals surface area contributed by atoms with Crippen LogP contribution in [-0.4, -0.2) is 40.9 Å². The number of nitrogens with zero attached hydrogens (tertiary/aromatic N) is 2. The van der Waals surface area contributed by atoms with Crippen molar-refractivity contribution < 1.29 is 14.5 Å². The van der Waals surface area contributed by atoms with Gasteiger partial charge in [0, 0.05) is 41.7 Å². The topological polar surface area (TPSA) is 88.5 Å². The molecule has 3 aromatic rings. The van der Waals surface area contributed by atoms with Gasteiger partial charge in [0.05, 0.1) is 17.5 Å². The van der Waals surface area contributed by atoms with Crippen LogP contribution in [0, 0.1) is 16.0 Å². The number of nitro benzene ring substituents is 1. The van der Waals surface area contributed by atoms with Gasteiger partial charge in [-0.2, -0.15) is 0 Å². The van der Waals surface area contributed by atoms with E-state index in [9.17, 15) is 14.9 Å².